The van der Waals surface area contributed by atoms with Gasteiger partial charge >= 0.3 is 0 Å². The van der Waals surface area contributed by atoms with Gasteiger partial charge in [-0.25, -0.2) is 4.98 Å². The van der Waals surface area contributed by atoms with Gasteiger partial charge in [0.2, 0.25) is 5.89 Å². The van der Waals surface area contributed by atoms with E-state index in [9.17, 15) is 0 Å². The Labute approximate surface area is 146 Å². The number of hydrogen-bond acceptors (Lipinski definition) is 7. The average Bonchev–Trinajstić information content (AvgIpc) is 3.08. The highest BCUT2D eigenvalue weighted by Gasteiger charge is 2.30. The van der Waals surface area contributed by atoms with Crippen molar-refractivity contribution in [3.05, 3.63) is 27.8 Å². The predicted octanol–water partition coefficient (Wildman–Crippen LogP) is 3.27. The smallest absolute Gasteiger partial charge is 0.240 e. The molecule has 3 heterocycles. The van der Waals surface area contributed by atoms with E-state index in [0.717, 1.165) is 29.6 Å². The van der Waals surface area contributed by atoms with Crippen LogP contribution in [-0.2, 0) is 16.7 Å². The first-order valence-electron chi connectivity index (χ1n) is 8.61. The highest BCUT2D eigenvalue weighted by Crippen LogP contribution is 2.38. The summed E-state index contributed by atoms with van der Waals surface area (Å²) < 4.78 is 11.4. The van der Waals surface area contributed by atoms with E-state index in [0.29, 0.717) is 25.0 Å². The topological polar surface area (TPSA) is 64.3 Å². The van der Waals surface area contributed by atoms with Gasteiger partial charge in [0, 0.05) is 29.8 Å². The van der Waals surface area contributed by atoms with Gasteiger partial charge in [-0.05, 0) is 12.8 Å². The van der Waals surface area contributed by atoms with Crippen LogP contribution in [0.15, 0.2) is 9.90 Å². The molecule has 0 spiro atoms. The van der Waals surface area contributed by atoms with Crippen molar-refractivity contribution in [3.8, 4) is 0 Å². The van der Waals surface area contributed by atoms with Crippen LogP contribution in [0, 0.1) is 0 Å². The summed E-state index contributed by atoms with van der Waals surface area (Å²) in [7, 11) is 0. The first kappa shape index (κ1) is 16.2. The van der Waals surface area contributed by atoms with Crippen LogP contribution in [0.3, 0.4) is 0 Å². The summed E-state index contributed by atoms with van der Waals surface area (Å²) in [6, 6.07) is 0. The molecule has 1 aliphatic heterocycles. The highest BCUT2D eigenvalue weighted by atomic mass is 32.1. The van der Waals surface area contributed by atoms with Crippen LogP contribution in [0.1, 0.15) is 68.1 Å². The van der Waals surface area contributed by atoms with Crippen LogP contribution in [0.4, 0.5) is 0 Å². The Morgan fingerprint density at radius 2 is 2.12 bits per heavy atom. The SMILES string of the molecule is CC(C)(C)c1csc([C@@H]2CN(Cc3nc(C4CC4)no3)CCO2)n1. The van der Waals surface area contributed by atoms with Crippen LogP contribution in [0.2, 0.25) is 0 Å². The van der Waals surface area contributed by atoms with Gasteiger partial charge in [0.05, 0.1) is 18.8 Å². The van der Waals surface area contributed by atoms with Crippen LogP contribution < -0.4 is 0 Å². The van der Waals surface area contributed by atoms with Gasteiger partial charge in [-0.2, -0.15) is 4.98 Å². The van der Waals surface area contributed by atoms with Gasteiger partial charge in [-0.15, -0.1) is 11.3 Å². The maximum absolute atomic E-state index is 5.95. The Bertz CT molecular complexity index is 702. The zero-order valence-electron chi connectivity index (χ0n) is 14.5. The van der Waals surface area contributed by atoms with Crippen molar-refractivity contribution >= 4 is 11.3 Å². The second-order valence-corrected chi connectivity index (χ2v) is 8.63. The molecule has 2 fully saturated rings. The lowest BCUT2D eigenvalue weighted by Crippen LogP contribution is -2.37. The molecule has 0 aromatic carbocycles. The molecule has 0 amide bonds. The number of hydrogen-bond donors (Lipinski definition) is 0. The van der Waals surface area contributed by atoms with Gasteiger partial charge < -0.3 is 9.26 Å². The lowest BCUT2D eigenvalue weighted by molar-refractivity contribution is -0.0357. The summed E-state index contributed by atoms with van der Waals surface area (Å²) in [6.45, 7) is 9.66. The van der Waals surface area contributed by atoms with Crippen LogP contribution in [0.25, 0.3) is 0 Å². The molecule has 2 aliphatic rings. The molecule has 1 saturated carbocycles. The summed E-state index contributed by atoms with van der Waals surface area (Å²) in [4.78, 5) is 11.6. The largest absolute Gasteiger partial charge is 0.368 e. The van der Waals surface area contributed by atoms with Crippen molar-refractivity contribution in [1.82, 2.24) is 20.0 Å². The molecule has 0 radical (unpaired) electrons. The summed E-state index contributed by atoms with van der Waals surface area (Å²) in [5, 5.41) is 7.31. The summed E-state index contributed by atoms with van der Waals surface area (Å²) >= 11 is 1.69. The Balaban J connectivity index is 1.40. The molecule has 1 atom stereocenters. The molecule has 2 aromatic rings. The minimum atomic E-state index is 0.0330. The third-order valence-corrected chi connectivity index (χ3v) is 5.44. The predicted molar refractivity (Wildman–Crippen MR) is 91.1 cm³/mol. The van der Waals surface area contributed by atoms with E-state index in [1.54, 1.807) is 11.3 Å². The normalized spacial score (nSPS) is 22.9. The van der Waals surface area contributed by atoms with Crippen molar-refractivity contribution in [2.24, 2.45) is 0 Å². The van der Waals surface area contributed by atoms with Crippen molar-refractivity contribution in [2.75, 3.05) is 19.7 Å². The third-order valence-electron chi connectivity index (χ3n) is 4.50. The lowest BCUT2D eigenvalue weighted by atomic mass is 9.93. The van der Waals surface area contributed by atoms with E-state index in [2.05, 4.69) is 41.2 Å². The second-order valence-electron chi connectivity index (χ2n) is 7.74. The van der Waals surface area contributed by atoms with Crippen LogP contribution in [0.5, 0.6) is 0 Å². The first-order chi connectivity index (χ1) is 11.5. The van der Waals surface area contributed by atoms with E-state index in [-0.39, 0.29) is 11.5 Å². The summed E-state index contributed by atoms with van der Waals surface area (Å²) in [5.41, 5.74) is 1.21. The molecule has 1 saturated heterocycles. The lowest BCUT2D eigenvalue weighted by Gasteiger charge is -2.30. The number of ether oxygens (including phenoxy) is 1. The van der Waals surface area contributed by atoms with E-state index in [4.69, 9.17) is 14.2 Å². The van der Waals surface area contributed by atoms with Crippen LogP contribution in [-0.4, -0.2) is 39.7 Å². The van der Waals surface area contributed by atoms with Crippen molar-refractivity contribution < 1.29 is 9.26 Å². The molecule has 130 valence electrons. The van der Waals surface area contributed by atoms with E-state index in [1.807, 2.05) is 0 Å². The van der Waals surface area contributed by atoms with Crippen molar-refractivity contribution in [3.63, 3.8) is 0 Å². The number of thiazole rings is 1. The number of rotatable bonds is 4. The fourth-order valence-electron chi connectivity index (χ4n) is 2.81. The maximum Gasteiger partial charge on any atom is 0.240 e. The fourth-order valence-corrected chi connectivity index (χ4v) is 3.89. The average molecular weight is 348 g/mol. The summed E-state index contributed by atoms with van der Waals surface area (Å²) in [5.74, 6) is 2.13. The zero-order chi connectivity index (χ0) is 16.7. The molecule has 0 bridgehead atoms. The maximum atomic E-state index is 5.95. The Morgan fingerprint density at radius 1 is 1.29 bits per heavy atom. The molecule has 0 unspecified atom stereocenters. The summed E-state index contributed by atoms with van der Waals surface area (Å²) in [6.07, 6.45) is 2.42. The standard InChI is InChI=1S/C17H24N4O2S/c1-17(2,3)13-10-24-16(18-13)12-8-21(6-7-22-12)9-14-19-15(20-23-14)11-4-5-11/h10-12H,4-9H2,1-3H3/t12-/m0/s1. The Kier molecular flexibility index (Phi) is 4.18. The minimum Gasteiger partial charge on any atom is -0.368 e. The van der Waals surface area contributed by atoms with E-state index in [1.165, 1.54) is 12.8 Å². The van der Waals surface area contributed by atoms with Gasteiger partial charge in [0.15, 0.2) is 5.82 Å². The molecule has 1 aliphatic carbocycles. The zero-order valence-corrected chi connectivity index (χ0v) is 15.3. The molecule has 2 aromatic heterocycles. The number of aromatic nitrogens is 3. The number of morpholine rings is 1. The molecule has 6 nitrogen and oxygen atoms in total. The van der Waals surface area contributed by atoms with Gasteiger partial charge in [0.25, 0.3) is 0 Å². The van der Waals surface area contributed by atoms with Gasteiger partial charge in [-0.1, -0.05) is 25.9 Å². The van der Waals surface area contributed by atoms with E-state index >= 15 is 0 Å². The van der Waals surface area contributed by atoms with Gasteiger partial charge in [-0.3, -0.25) is 4.90 Å². The Morgan fingerprint density at radius 3 is 2.83 bits per heavy atom. The number of nitrogens with zero attached hydrogens (tertiary/aromatic N) is 4. The monoisotopic (exact) mass is 348 g/mol. The van der Waals surface area contributed by atoms with Crippen molar-refractivity contribution in [1.29, 1.82) is 0 Å². The molecule has 0 N–H and O–H groups in total. The molecule has 7 heteroatoms. The highest BCUT2D eigenvalue weighted by molar-refractivity contribution is 7.09. The van der Waals surface area contributed by atoms with Crippen molar-refractivity contribution in [2.45, 2.75) is 57.6 Å². The fraction of sp³-hybridized carbons (Fsp3) is 0.706. The molecular formula is C17H24N4O2S. The van der Waals surface area contributed by atoms with Gasteiger partial charge in [0.1, 0.15) is 11.1 Å². The van der Waals surface area contributed by atoms with Crippen LogP contribution >= 0.6 is 11.3 Å². The molecule has 4 rings (SSSR count). The quantitative estimate of drug-likeness (QED) is 0.845. The molecule has 24 heavy (non-hydrogen) atoms. The minimum absolute atomic E-state index is 0.0330. The second kappa shape index (κ2) is 6.20. The third kappa shape index (κ3) is 3.53. The van der Waals surface area contributed by atoms with E-state index < -0.39 is 0 Å². The Hall–Kier alpha value is -1.31. The first-order valence-corrected chi connectivity index (χ1v) is 9.49. The molecular weight excluding hydrogens is 324 g/mol.